The fourth-order valence-electron chi connectivity index (χ4n) is 2.87. The lowest BCUT2D eigenvalue weighted by atomic mass is 10.1. The first-order valence-electron chi connectivity index (χ1n) is 5.91. The minimum atomic E-state index is -0.101. The summed E-state index contributed by atoms with van der Waals surface area (Å²) in [6, 6.07) is 0. The van der Waals surface area contributed by atoms with Gasteiger partial charge in [-0.2, -0.15) is 0 Å². The molecule has 0 amide bonds. The molecule has 1 saturated heterocycles. The number of nitrogens with zero attached hydrogens (tertiary/aromatic N) is 4. The van der Waals surface area contributed by atoms with Crippen LogP contribution in [-0.4, -0.2) is 37.8 Å². The smallest absolute Gasteiger partial charge is 0.167 e. The molecule has 4 rings (SSSR count). The van der Waals surface area contributed by atoms with Crippen LogP contribution < -0.4 is 5.73 Å². The maximum absolute atomic E-state index is 9.39. The number of aromatic nitrogens is 4. The van der Waals surface area contributed by atoms with Gasteiger partial charge < -0.3 is 15.6 Å². The Morgan fingerprint density at radius 2 is 2.39 bits per heavy atom. The Morgan fingerprint density at radius 1 is 1.50 bits per heavy atom. The van der Waals surface area contributed by atoms with Crippen LogP contribution in [0.4, 0.5) is 5.82 Å². The number of imidazole rings is 1. The van der Waals surface area contributed by atoms with Crippen molar-refractivity contribution in [2.75, 3.05) is 18.9 Å². The van der Waals surface area contributed by atoms with E-state index >= 15 is 0 Å². The minimum Gasteiger partial charge on any atom is -0.396 e. The van der Waals surface area contributed by atoms with Crippen molar-refractivity contribution in [2.24, 2.45) is 11.3 Å². The molecule has 2 aliphatic rings. The fraction of sp³-hybridized carbons (Fsp3) is 0.545. The maximum atomic E-state index is 9.39. The standard InChI is InChI=1S/C11H13N5O2/c12-8-7-9(14-4-13-8)16(5-15-7)10-6-1-11(6,2-17)3-18-10/h4-6,10,17H,1-3H2,(H2,12,13,14)/t6-,10-,11-/m1/s1. The minimum absolute atomic E-state index is 0.0418. The molecule has 0 spiro atoms. The molecular weight excluding hydrogens is 234 g/mol. The zero-order valence-electron chi connectivity index (χ0n) is 9.65. The van der Waals surface area contributed by atoms with Gasteiger partial charge in [0.05, 0.1) is 19.5 Å². The van der Waals surface area contributed by atoms with E-state index in [9.17, 15) is 5.11 Å². The first-order valence-corrected chi connectivity index (χ1v) is 5.91. The van der Waals surface area contributed by atoms with Gasteiger partial charge in [-0.25, -0.2) is 15.0 Å². The van der Waals surface area contributed by atoms with E-state index in [0.717, 1.165) is 6.42 Å². The van der Waals surface area contributed by atoms with Gasteiger partial charge in [0.1, 0.15) is 18.1 Å². The van der Waals surface area contributed by atoms with Gasteiger partial charge in [-0.1, -0.05) is 0 Å². The Kier molecular flexibility index (Phi) is 1.80. The van der Waals surface area contributed by atoms with Gasteiger partial charge in [-0.3, -0.25) is 4.57 Å². The summed E-state index contributed by atoms with van der Waals surface area (Å²) in [5.74, 6) is 0.719. The Hall–Kier alpha value is -1.73. The summed E-state index contributed by atoms with van der Waals surface area (Å²) in [4.78, 5) is 12.4. The summed E-state index contributed by atoms with van der Waals surface area (Å²) < 4.78 is 7.65. The van der Waals surface area contributed by atoms with E-state index in [4.69, 9.17) is 10.5 Å². The van der Waals surface area contributed by atoms with Crippen LogP contribution in [0.5, 0.6) is 0 Å². The average molecular weight is 247 g/mol. The first-order chi connectivity index (χ1) is 8.75. The van der Waals surface area contributed by atoms with Crippen molar-refractivity contribution in [1.29, 1.82) is 0 Å². The SMILES string of the molecule is Nc1ncnc2c1ncn2[C@@H]1OC[C@]2(CO)C[C@H]12. The topological polar surface area (TPSA) is 99.1 Å². The van der Waals surface area contributed by atoms with E-state index in [1.165, 1.54) is 6.33 Å². The number of nitrogen functional groups attached to an aromatic ring is 1. The highest BCUT2D eigenvalue weighted by molar-refractivity contribution is 5.81. The number of fused-ring (bicyclic) bond motifs is 2. The maximum Gasteiger partial charge on any atom is 0.167 e. The van der Waals surface area contributed by atoms with Crippen molar-refractivity contribution in [3.63, 3.8) is 0 Å². The van der Waals surface area contributed by atoms with E-state index in [1.54, 1.807) is 6.33 Å². The van der Waals surface area contributed by atoms with Gasteiger partial charge in [0.15, 0.2) is 11.5 Å². The van der Waals surface area contributed by atoms with Gasteiger partial charge >= 0.3 is 0 Å². The highest BCUT2D eigenvalue weighted by Crippen LogP contribution is 2.63. The van der Waals surface area contributed by atoms with Gasteiger partial charge in [-0.05, 0) is 6.42 Å². The number of hydrogen-bond donors (Lipinski definition) is 2. The van der Waals surface area contributed by atoms with Crippen LogP contribution in [-0.2, 0) is 4.74 Å². The van der Waals surface area contributed by atoms with Crippen molar-refractivity contribution in [2.45, 2.75) is 12.6 Å². The Bertz CT molecular complexity index is 627. The van der Waals surface area contributed by atoms with Crippen LogP contribution in [0.3, 0.4) is 0 Å². The number of anilines is 1. The molecule has 0 aromatic carbocycles. The molecule has 3 N–H and O–H groups in total. The van der Waals surface area contributed by atoms with Crippen LogP contribution in [0.15, 0.2) is 12.7 Å². The summed E-state index contributed by atoms with van der Waals surface area (Å²) in [6.45, 7) is 0.775. The second-order valence-corrected chi connectivity index (χ2v) is 5.12. The Balaban J connectivity index is 1.79. The van der Waals surface area contributed by atoms with Crippen LogP contribution in [0.25, 0.3) is 11.2 Å². The van der Waals surface area contributed by atoms with E-state index in [1.807, 2.05) is 4.57 Å². The number of aliphatic hydroxyl groups excluding tert-OH is 1. The first kappa shape index (κ1) is 10.2. The molecule has 3 atom stereocenters. The van der Waals surface area contributed by atoms with Crippen LogP contribution >= 0.6 is 0 Å². The molecular formula is C11H13N5O2. The molecule has 7 nitrogen and oxygen atoms in total. The van der Waals surface area contributed by atoms with Crippen LogP contribution in [0.1, 0.15) is 12.6 Å². The van der Waals surface area contributed by atoms with Crippen LogP contribution in [0.2, 0.25) is 0 Å². The number of hydrogen-bond acceptors (Lipinski definition) is 6. The normalized spacial score (nSPS) is 33.8. The fourth-order valence-corrected chi connectivity index (χ4v) is 2.87. The molecule has 18 heavy (non-hydrogen) atoms. The molecule has 2 fully saturated rings. The Morgan fingerprint density at radius 3 is 3.11 bits per heavy atom. The molecule has 0 unspecified atom stereocenters. The van der Waals surface area contributed by atoms with E-state index in [2.05, 4.69) is 15.0 Å². The second kappa shape index (κ2) is 3.18. The van der Waals surface area contributed by atoms with Crippen molar-refractivity contribution in [1.82, 2.24) is 19.5 Å². The molecule has 3 heterocycles. The molecule has 1 aliphatic carbocycles. The molecule has 2 aromatic heterocycles. The van der Waals surface area contributed by atoms with E-state index in [-0.39, 0.29) is 18.2 Å². The largest absolute Gasteiger partial charge is 0.396 e. The molecule has 2 aromatic rings. The molecule has 0 radical (unpaired) electrons. The van der Waals surface area contributed by atoms with Gasteiger partial charge in [0.2, 0.25) is 0 Å². The van der Waals surface area contributed by atoms with E-state index in [0.29, 0.717) is 29.5 Å². The molecule has 7 heteroatoms. The van der Waals surface area contributed by atoms with Gasteiger partial charge in [-0.15, -0.1) is 0 Å². The van der Waals surface area contributed by atoms with Gasteiger partial charge in [0, 0.05) is 11.3 Å². The molecule has 1 aliphatic heterocycles. The predicted octanol–water partition coefficient (Wildman–Crippen LogP) is -0.0641. The highest BCUT2D eigenvalue weighted by Gasteiger charge is 2.63. The van der Waals surface area contributed by atoms with Crippen molar-refractivity contribution < 1.29 is 9.84 Å². The van der Waals surface area contributed by atoms with Crippen molar-refractivity contribution in [3.05, 3.63) is 12.7 Å². The zero-order chi connectivity index (χ0) is 12.3. The lowest BCUT2D eigenvalue weighted by Crippen LogP contribution is -2.11. The number of rotatable bonds is 2. The molecule has 1 saturated carbocycles. The third-order valence-corrected chi connectivity index (χ3v) is 4.11. The lowest BCUT2D eigenvalue weighted by Gasteiger charge is -2.14. The lowest BCUT2D eigenvalue weighted by molar-refractivity contribution is 0.0192. The average Bonchev–Trinajstić information content (AvgIpc) is 2.78. The summed E-state index contributed by atoms with van der Waals surface area (Å²) in [5.41, 5.74) is 7.00. The Labute approximate surface area is 103 Å². The zero-order valence-corrected chi connectivity index (χ0v) is 9.65. The van der Waals surface area contributed by atoms with Crippen molar-refractivity contribution >= 4 is 17.0 Å². The monoisotopic (exact) mass is 247 g/mol. The quantitative estimate of drug-likeness (QED) is 0.771. The van der Waals surface area contributed by atoms with Crippen LogP contribution in [0, 0.1) is 11.3 Å². The van der Waals surface area contributed by atoms with Gasteiger partial charge in [0.25, 0.3) is 0 Å². The molecule has 94 valence electrons. The summed E-state index contributed by atoms with van der Waals surface area (Å²) >= 11 is 0. The summed E-state index contributed by atoms with van der Waals surface area (Å²) in [6.07, 6.45) is 4.01. The third-order valence-electron chi connectivity index (χ3n) is 4.11. The van der Waals surface area contributed by atoms with Crippen molar-refractivity contribution in [3.8, 4) is 0 Å². The number of ether oxygens (including phenoxy) is 1. The number of aliphatic hydroxyl groups is 1. The summed E-state index contributed by atoms with van der Waals surface area (Å²) in [7, 11) is 0. The third kappa shape index (κ3) is 1.12. The van der Waals surface area contributed by atoms with E-state index < -0.39 is 0 Å². The molecule has 0 bridgehead atoms. The summed E-state index contributed by atoms with van der Waals surface area (Å²) in [5, 5.41) is 9.39. The highest BCUT2D eigenvalue weighted by atomic mass is 16.5. The predicted molar refractivity (Wildman–Crippen MR) is 62.4 cm³/mol. The second-order valence-electron chi connectivity index (χ2n) is 5.12. The number of nitrogens with two attached hydrogens (primary N) is 1.